The summed E-state index contributed by atoms with van der Waals surface area (Å²) in [6, 6.07) is 5.77. The third kappa shape index (κ3) is 3.75. The van der Waals surface area contributed by atoms with E-state index in [2.05, 4.69) is 5.32 Å². The molecule has 1 atom stereocenters. The smallest absolute Gasteiger partial charge is 0.221 e. The summed E-state index contributed by atoms with van der Waals surface area (Å²) in [7, 11) is 0. The van der Waals surface area contributed by atoms with Crippen molar-refractivity contribution in [2.45, 2.75) is 26.7 Å². The summed E-state index contributed by atoms with van der Waals surface area (Å²) in [5.41, 5.74) is 7.44. The molecule has 1 aromatic carbocycles. The highest BCUT2D eigenvalue weighted by Crippen LogP contribution is 2.28. The average molecular weight is 236 g/mol. The van der Waals surface area contributed by atoms with Gasteiger partial charge in [0.1, 0.15) is 5.75 Å². The minimum atomic E-state index is -0.108. The van der Waals surface area contributed by atoms with Gasteiger partial charge in [-0.25, -0.2) is 0 Å². The van der Waals surface area contributed by atoms with E-state index in [1.807, 2.05) is 32.0 Å². The molecule has 0 saturated heterocycles. The topological polar surface area (TPSA) is 64.3 Å². The summed E-state index contributed by atoms with van der Waals surface area (Å²) in [5.74, 6) is 0.845. The monoisotopic (exact) mass is 236 g/mol. The number of nitrogens with two attached hydrogens (primary N) is 1. The highest BCUT2D eigenvalue weighted by molar-refractivity contribution is 5.90. The summed E-state index contributed by atoms with van der Waals surface area (Å²) < 4.78 is 5.46. The van der Waals surface area contributed by atoms with Crippen LogP contribution in [0.15, 0.2) is 18.2 Å². The molecule has 1 rings (SSSR count). The van der Waals surface area contributed by atoms with Crippen LogP contribution in [0, 0.1) is 0 Å². The zero-order chi connectivity index (χ0) is 12.8. The molecular weight excluding hydrogens is 216 g/mol. The SMILES string of the molecule is CCOc1ccc(C(C)CN)cc1NC(C)=O. The van der Waals surface area contributed by atoms with Gasteiger partial charge in [0.05, 0.1) is 12.3 Å². The molecular formula is C13H20N2O2. The van der Waals surface area contributed by atoms with Crippen LogP contribution in [-0.2, 0) is 4.79 Å². The van der Waals surface area contributed by atoms with Crippen LogP contribution in [-0.4, -0.2) is 19.1 Å². The molecule has 0 aromatic heterocycles. The Labute approximate surface area is 102 Å². The van der Waals surface area contributed by atoms with Gasteiger partial charge in [0.2, 0.25) is 5.91 Å². The van der Waals surface area contributed by atoms with E-state index in [4.69, 9.17) is 10.5 Å². The number of carbonyl (C=O) groups is 1. The Morgan fingerprint density at radius 1 is 1.53 bits per heavy atom. The van der Waals surface area contributed by atoms with E-state index in [9.17, 15) is 4.79 Å². The number of rotatable bonds is 5. The van der Waals surface area contributed by atoms with Gasteiger partial charge in [0, 0.05) is 6.92 Å². The van der Waals surface area contributed by atoms with Gasteiger partial charge in [-0.1, -0.05) is 13.0 Å². The lowest BCUT2D eigenvalue weighted by Crippen LogP contribution is -2.11. The predicted molar refractivity (Wildman–Crippen MR) is 69.4 cm³/mol. The number of anilines is 1. The van der Waals surface area contributed by atoms with E-state index in [-0.39, 0.29) is 11.8 Å². The molecule has 1 aromatic rings. The maximum absolute atomic E-state index is 11.1. The average Bonchev–Trinajstić information content (AvgIpc) is 2.30. The summed E-state index contributed by atoms with van der Waals surface area (Å²) in [6.07, 6.45) is 0. The van der Waals surface area contributed by atoms with Gasteiger partial charge in [-0.2, -0.15) is 0 Å². The second kappa shape index (κ2) is 6.25. The quantitative estimate of drug-likeness (QED) is 0.823. The van der Waals surface area contributed by atoms with Gasteiger partial charge in [-0.05, 0) is 37.1 Å². The van der Waals surface area contributed by atoms with Gasteiger partial charge in [0.15, 0.2) is 0 Å². The van der Waals surface area contributed by atoms with Crippen molar-refractivity contribution in [3.63, 3.8) is 0 Å². The highest BCUT2D eigenvalue weighted by atomic mass is 16.5. The van der Waals surface area contributed by atoms with Crippen molar-refractivity contribution in [3.8, 4) is 5.75 Å². The molecule has 4 heteroatoms. The number of hydrogen-bond acceptors (Lipinski definition) is 3. The van der Waals surface area contributed by atoms with Crippen molar-refractivity contribution in [2.24, 2.45) is 5.73 Å². The molecule has 0 bridgehead atoms. The summed E-state index contributed by atoms with van der Waals surface area (Å²) in [5, 5.41) is 2.77. The van der Waals surface area contributed by atoms with E-state index in [1.54, 1.807) is 0 Å². The van der Waals surface area contributed by atoms with Crippen LogP contribution in [0.4, 0.5) is 5.69 Å². The summed E-state index contributed by atoms with van der Waals surface area (Å²) in [4.78, 5) is 11.1. The number of carbonyl (C=O) groups excluding carboxylic acids is 1. The number of ether oxygens (including phenoxy) is 1. The van der Waals surface area contributed by atoms with Gasteiger partial charge < -0.3 is 15.8 Å². The largest absolute Gasteiger partial charge is 0.492 e. The van der Waals surface area contributed by atoms with Crippen molar-refractivity contribution in [3.05, 3.63) is 23.8 Å². The van der Waals surface area contributed by atoms with Crippen molar-refractivity contribution < 1.29 is 9.53 Å². The number of nitrogens with one attached hydrogen (secondary N) is 1. The molecule has 0 aliphatic heterocycles. The molecule has 1 unspecified atom stereocenters. The summed E-state index contributed by atoms with van der Waals surface area (Å²) >= 11 is 0. The lowest BCUT2D eigenvalue weighted by atomic mass is 10.0. The predicted octanol–water partition coefficient (Wildman–Crippen LogP) is 2.11. The van der Waals surface area contributed by atoms with Crippen molar-refractivity contribution >= 4 is 11.6 Å². The third-order valence-corrected chi connectivity index (χ3v) is 2.54. The molecule has 94 valence electrons. The Morgan fingerprint density at radius 3 is 2.76 bits per heavy atom. The van der Waals surface area contributed by atoms with Gasteiger partial charge >= 0.3 is 0 Å². The zero-order valence-electron chi connectivity index (χ0n) is 10.6. The third-order valence-electron chi connectivity index (χ3n) is 2.54. The molecule has 0 heterocycles. The Bertz CT molecular complexity index is 391. The lowest BCUT2D eigenvalue weighted by molar-refractivity contribution is -0.114. The summed E-state index contributed by atoms with van der Waals surface area (Å²) in [6.45, 7) is 6.59. The standard InChI is InChI=1S/C13H20N2O2/c1-4-17-13-6-5-11(9(2)8-14)7-12(13)15-10(3)16/h5-7,9H,4,8,14H2,1-3H3,(H,15,16). The zero-order valence-corrected chi connectivity index (χ0v) is 10.6. The molecule has 0 radical (unpaired) electrons. The fraction of sp³-hybridized carbons (Fsp3) is 0.462. The second-order valence-corrected chi connectivity index (χ2v) is 4.01. The van der Waals surface area contributed by atoms with Crippen LogP contribution in [0.1, 0.15) is 32.3 Å². The maximum atomic E-state index is 11.1. The van der Waals surface area contributed by atoms with E-state index >= 15 is 0 Å². The van der Waals surface area contributed by atoms with Crippen molar-refractivity contribution in [2.75, 3.05) is 18.5 Å². The van der Waals surface area contributed by atoms with Crippen molar-refractivity contribution in [1.29, 1.82) is 0 Å². The van der Waals surface area contributed by atoms with Crippen LogP contribution >= 0.6 is 0 Å². The van der Waals surface area contributed by atoms with Crippen LogP contribution in [0.5, 0.6) is 5.75 Å². The molecule has 17 heavy (non-hydrogen) atoms. The Morgan fingerprint density at radius 2 is 2.24 bits per heavy atom. The Balaban J connectivity index is 3.04. The van der Waals surface area contributed by atoms with E-state index in [1.165, 1.54) is 6.92 Å². The minimum absolute atomic E-state index is 0.108. The first-order valence-electron chi connectivity index (χ1n) is 5.82. The fourth-order valence-corrected chi connectivity index (χ4v) is 1.56. The normalized spacial score (nSPS) is 12.0. The molecule has 3 N–H and O–H groups in total. The van der Waals surface area contributed by atoms with Gasteiger partial charge in [-0.15, -0.1) is 0 Å². The number of benzene rings is 1. The first-order valence-corrected chi connectivity index (χ1v) is 5.82. The molecule has 0 fully saturated rings. The minimum Gasteiger partial charge on any atom is -0.492 e. The number of amides is 1. The number of hydrogen-bond donors (Lipinski definition) is 2. The Kier molecular flexibility index (Phi) is 4.97. The van der Waals surface area contributed by atoms with Crippen LogP contribution in [0.2, 0.25) is 0 Å². The molecule has 4 nitrogen and oxygen atoms in total. The van der Waals surface area contributed by atoms with Gasteiger partial charge in [0.25, 0.3) is 0 Å². The lowest BCUT2D eigenvalue weighted by Gasteiger charge is -2.15. The first-order chi connectivity index (χ1) is 8.08. The second-order valence-electron chi connectivity index (χ2n) is 4.01. The Hall–Kier alpha value is -1.55. The van der Waals surface area contributed by atoms with Crippen LogP contribution in [0.3, 0.4) is 0 Å². The van der Waals surface area contributed by atoms with Crippen LogP contribution in [0.25, 0.3) is 0 Å². The molecule has 1 amide bonds. The van der Waals surface area contributed by atoms with E-state index in [0.717, 1.165) is 5.56 Å². The highest BCUT2D eigenvalue weighted by Gasteiger charge is 2.09. The van der Waals surface area contributed by atoms with Gasteiger partial charge in [-0.3, -0.25) is 4.79 Å². The molecule has 0 aliphatic carbocycles. The fourth-order valence-electron chi connectivity index (χ4n) is 1.56. The first kappa shape index (κ1) is 13.5. The maximum Gasteiger partial charge on any atom is 0.221 e. The van der Waals surface area contributed by atoms with Crippen molar-refractivity contribution in [1.82, 2.24) is 0 Å². The van der Waals surface area contributed by atoms with E-state index < -0.39 is 0 Å². The van der Waals surface area contributed by atoms with E-state index in [0.29, 0.717) is 24.6 Å². The molecule has 0 spiro atoms. The molecule has 0 aliphatic rings. The van der Waals surface area contributed by atoms with Crippen LogP contribution < -0.4 is 15.8 Å². The molecule has 0 saturated carbocycles.